The van der Waals surface area contributed by atoms with Crippen LogP contribution in [0.1, 0.15) is 37.1 Å². The summed E-state index contributed by atoms with van der Waals surface area (Å²) in [6, 6.07) is 7.90. The van der Waals surface area contributed by atoms with Crippen molar-refractivity contribution in [3.63, 3.8) is 0 Å². The van der Waals surface area contributed by atoms with Crippen LogP contribution in [-0.2, 0) is 6.42 Å². The molecule has 2 atom stereocenters. The molecule has 130 valence electrons. The Balaban J connectivity index is 1.77. The van der Waals surface area contributed by atoms with Gasteiger partial charge in [0.2, 0.25) is 0 Å². The highest BCUT2D eigenvalue weighted by Crippen LogP contribution is 2.27. The third-order valence-corrected chi connectivity index (χ3v) is 5.16. The third-order valence-electron chi connectivity index (χ3n) is 5.16. The van der Waals surface area contributed by atoms with Crippen LogP contribution in [0.25, 0.3) is 16.7 Å². The summed E-state index contributed by atoms with van der Waals surface area (Å²) >= 11 is 0. The lowest BCUT2D eigenvalue weighted by molar-refractivity contribution is 0.0690. The fourth-order valence-electron chi connectivity index (χ4n) is 3.71. The van der Waals surface area contributed by atoms with Crippen LogP contribution in [-0.4, -0.2) is 31.0 Å². The molecule has 0 unspecified atom stereocenters. The van der Waals surface area contributed by atoms with E-state index in [4.69, 9.17) is 0 Å². The predicted molar refractivity (Wildman–Crippen MR) is 95.9 cm³/mol. The Morgan fingerprint density at radius 3 is 2.88 bits per heavy atom. The average molecular weight is 338 g/mol. The van der Waals surface area contributed by atoms with E-state index < -0.39 is 0 Å². The molecule has 0 amide bonds. The number of benzene rings is 1. The molecule has 1 aromatic carbocycles. The number of hydrogen-bond donors (Lipinski definition) is 2. The van der Waals surface area contributed by atoms with Crippen molar-refractivity contribution >= 4 is 11.0 Å². The highest BCUT2D eigenvalue weighted by molar-refractivity contribution is 5.75. The number of H-pyrrole nitrogens is 1. The van der Waals surface area contributed by atoms with E-state index in [1.54, 1.807) is 10.9 Å². The summed E-state index contributed by atoms with van der Waals surface area (Å²) in [7, 11) is 0. The summed E-state index contributed by atoms with van der Waals surface area (Å²) in [5.74, 6) is 0.781. The first kappa shape index (κ1) is 16.0. The van der Waals surface area contributed by atoms with Crippen molar-refractivity contribution in [1.29, 1.82) is 0 Å². The Labute approximate surface area is 145 Å². The summed E-state index contributed by atoms with van der Waals surface area (Å²) in [5, 5.41) is 15.1. The van der Waals surface area contributed by atoms with Gasteiger partial charge in [-0.15, -0.1) is 0 Å². The fourth-order valence-corrected chi connectivity index (χ4v) is 3.71. The first-order chi connectivity index (χ1) is 12.1. The van der Waals surface area contributed by atoms with Crippen molar-refractivity contribution in [1.82, 2.24) is 19.7 Å². The largest absolute Gasteiger partial charge is 0.393 e. The summed E-state index contributed by atoms with van der Waals surface area (Å²) in [6.45, 7) is 2.01. The number of rotatable bonds is 3. The predicted octanol–water partition coefficient (Wildman–Crippen LogP) is 2.51. The molecule has 1 saturated carbocycles. The van der Waals surface area contributed by atoms with Gasteiger partial charge in [0.25, 0.3) is 5.56 Å². The molecule has 6 heteroatoms. The Morgan fingerprint density at radius 2 is 2.08 bits per heavy atom. The number of aliphatic hydroxyl groups is 1. The topological polar surface area (TPSA) is 83.8 Å². The van der Waals surface area contributed by atoms with Crippen molar-refractivity contribution in [2.24, 2.45) is 5.92 Å². The second-order valence-electron chi connectivity index (χ2n) is 6.91. The maximum atomic E-state index is 12.4. The molecule has 2 N–H and O–H groups in total. The Morgan fingerprint density at radius 1 is 1.28 bits per heavy atom. The summed E-state index contributed by atoms with van der Waals surface area (Å²) in [5.41, 5.74) is 2.38. The van der Waals surface area contributed by atoms with Gasteiger partial charge in [0.1, 0.15) is 11.2 Å². The Kier molecular flexibility index (Phi) is 4.13. The lowest BCUT2D eigenvalue weighted by atomic mass is 9.84. The monoisotopic (exact) mass is 338 g/mol. The van der Waals surface area contributed by atoms with E-state index in [0.717, 1.165) is 36.9 Å². The number of aryl methyl sites for hydroxylation is 1. The molecule has 0 bridgehead atoms. The molecular formula is C19H22N4O2. The normalized spacial score (nSPS) is 20.9. The molecular weight excluding hydrogens is 316 g/mol. The van der Waals surface area contributed by atoms with E-state index in [9.17, 15) is 9.90 Å². The molecule has 25 heavy (non-hydrogen) atoms. The molecule has 1 aliphatic rings. The summed E-state index contributed by atoms with van der Waals surface area (Å²) in [6.07, 6.45) is 5.84. The molecule has 4 rings (SSSR count). The highest BCUT2D eigenvalue weighted by atomic mass is 16.3. The van der Waals surface area contributed by atoms with Crippen LogP contribution in [0.3, 0.4) is 0 Å². The highest BCUT2D eigenvalue weighted by Gasteiger charge is 2.24. The molecule has 2 heterocycles. The quantitative estimate of drug-likeness (QED) is 0.768. The van der Waals surface area contributed by atoms with Gasteiger partial charge in [-0.3, -0.25) is 4.79 Å². The van der Waals surface area contributed by atoms with Crippen molar-refractivity contribution < 1.29 is 5.11 Å². The van der Waals surface area contributed by atoms with E-state index in [1.807, 2.05) is 31.2 Å². The molecule has 2 aromatic heterocycles. The van der Waals surface area contributed by atoms with Gasteiger partial charge in [-0.25, -0.2) is 9.67 Å². The molecule has 1 aliphatic carbocycles. The van der Waals surface area contributed by atoms with Gasteiger partial charge in [-0.1, -0.05) is 31.0 Å². The number of aliphatic hydroxyl groups excluding tert-OH is 1. The van der Waals surface area contributed by atoms with Crippen molar-refractivity contribution in [2.75, 3.05) is 0 Å². The minimum Gasteiger partial charge on any atom is -0.393 e. The maximum absolute atomic E-state index is 12.4. The van der Waals surface area contributed by atoms with Crippen LogP contribution in [0.5, 0.6) is 0 Å². The van der Waals surface area contributed by atoms with Gasteiger partial charge in [0, 0.05) is 6.42 Å². The standard InChI is InChI=1S/C19H22N4O2/c1-12-6-2-4-8-15(12)23-18-14(11-20-23)19(25)22-17(21-18)10-13-7-3-5-9-16(13)24/h2,4,6,8,11,13,16,24H,3,5,7,9-10H2,1H3,(H,21,22,25)/t13-,16+/m1/s1. The number of fused-ring (bicyclic) bond motifs is 1. The molecule has 6 nitrogen and oxygen atoms in total. The SMILES string of the molecule is Cc1ccccc1-n1ncc2c(=O)[nH]c(C[C@H]3CCCC[C@@H]3O)nc21. The Bertz CT molecular complexity index is 959. The second-order valence-corrected chi connectivity index (χ2v) is 6.91. The maximum Gasteiger partial charge on any atom is 0.262 e. The zero-order valence-electron chi connectivity index (χ0n) is 14.3. The van der Waals surface area contributed by atoms with Gasteiger partial charge >= 0.3 is 0 Å². The number of hydrogen-bond acceptors (Lipinski definition) is 4. The molecule has 3 aromatic rings. The molecule has 0 radical (unpaired) electrons. The molecule has 0 saturated heterocycles. The molecule has 1 fully saturated rings. The first-order valence-electron chi connectivity index (χ1n) is 8.84. The van der Waals surface area contributed by atoms with Crippen LogP contribution in [0.15, 0.2) is 35.3 Å². The van der Waals surface area contributed by atoms with Crippen LogP contribution < -0.4 is 5.56 Å². The third kappa shape index (κ3) is 2.98. The lowest BCUT2D eigenvalue weighted by Gasteiger charge is -2.27. The lowest BCUT2D eigenvalue weighted by Crippen LogP contribution is -2.27. The molecule has 0 spiro atoms. The minimum atomic E-state index is -0.309. The van der Waals surface area contributed by atoms with E-state index >= 15 is 0 Å². The first-order valence-corrected chi connectivity index (χ1v) is 8.84. The van der Waals surface area contributed by atoms with E-state index in [0.29, 0.717) is 23.3 Å². The number of aromatic nitrogens is 4. The van der Waals surface area contributed by atoms with Crippen LogP contribution in [0.2, 0.25) is 0 Å². The minimum absolute atomic E-state index is 0.157. The van der Waals surface area contributed by atoms with Gasteiger partial charge in [-0.05, 0) is 37.3 Å². The van der Waals surface area contributed by atoms with Crippen molar-refractivity contribution in [2.45, 2.75) is 45.1 Å². The van der Waals surface area contributed by atoms with Gasteiger partial charge < -0.3 is 10.1 Å². The Hall–Kier alpha value is -2.47. The van der Waals surface area contributed by atoms with Gasteiger partial charge in [0.15, 0.2) is 5.65 Å². The summed E-state index contributed by atoms with van der Waals surface area (Å²) in [4.78, 5) is 20.0. The van der Waals surface area contributed by atoms with Crippen molar-refractivity contribution in [3.05, 3.63) is 52.2 Å². The van der Waals surface area contributed by atoms with Gasteiger partial charge in [0.05, 0.1) is 18.0 Å². The second kappa shape index (κ2) is 6.44. The van der Waals surface area contributed by atoms with Crippen LogP contribution in [0, 0.1) is 12.8 Å². The zero-order valence-corrected chi connectivity index (χ0v) is 14.3. The average Bonchev–Trinajstić information content (AvgIpc) is 3.02. The van der Waals surface area contributed by atoms with E-state index in [1.165, 1.54) is 0 Å². The summed E-state index contributed by atoms with van der Waals surface area (Å²) < 4.78 is 1.72. The number of nitrogens with zero attached hydrogens (tertiary/aromatic N) is 3. The zero-order chi connectivity index (χ0) is 17.4. The molecule has 0 aliphatic heterocycles. The number of para-hydroxylation sites is 1. The smallest absolute Gasteiger partial charge is 0.262 e. The van der Waals surface area contributed by atoms with Crippen molar-refractivity contribution in [3.8, 4) is 5.69 Å². The van der Waals surface area contributed by atoms with E-state index in [-0.39, 0.29) is 17.6 Å². The number of nitrogens with one attached hydrogen (secondary N) is 1. The van der Waals surface area contributed by atoms with Crippen LogP contribution >= 0.6 is 0 Å². The number of aromatic amines is 1. The van der Waals surface area contributed by atoms with E-state index in [2.05, 4.69) is 15.1 Å². The van der Waals surface area contributed by atoms with Crippen LogP contribution in [0.4, 0.5) is 0 Å². The van der Waals surface area contributed by atoms with Gasteiger partial charge in [-0.2, -0.15) is 5.10 Å². The fraction of sp³-hybridized carbons (Fsp3) is 0.421.